The van der Waals surface area contributed by atoms with Crippen LogP contribution < -0.4 is 19.7 Å². The second-order valence-corrected chi connectivity index (χ2v) is 6.32. The fourth-order valence-corrected chi connectivity index (χ4v) is 2.84. The van der Waals surface area contributed by atoms with Crippen molar-refractivity contribution in [1.29, 1.82) is 0 Å². The number of nitrogens with zero attached hydrogens (tertiary/aromatic N) is 3. The van der Waals surface area contributed by atoms with E-state index in [0.29, 0.717) is 36.2 Å². The van der Waals surface area contributed by atoms with E-state index in [-0.39, 0.29) is 12.3 Å². The number of fused-ring (bicyclic) bond motifs is 1. The smallest absolute Gasteiger partial charge is 0.228 e. The summed E-state index contributed by atoms with van der Waals surface area (Å²) in [6.45, 7) is 1.04. The number of hydrogen-bond acceptors (Lipinski definition) is 6. The third-order valence-electron chi connectivity index (χ3n) is 3.45. The van der Waals surface area contributed by atoms with Gasteiger partial charge in [0.15, 0.2) is 17.3 Å². The molecule has 1 aromatic heterocycles. The molecule has 0 saturated heterocycles. The molecule has 1 amide bonds. The number of carbonyl (C=O) groups excluding carboxylic acids is 1. The Hall–Kier alpha value is -2.35. The molecule has 24 heavy (non-hydrogen) atoms. The molecular weight excluding hydrogens is 376 g/mol. The molecule has 126 valence electrons. The molecule has 1 aliphatic heterocycles. The van der Waals surface area contributed by atoms with Crippen LogP contribution in [0.15, 0.2) is 29.1 Å². The number of amides is 1. The molecule has 0 unspecified atom stereocenters. The van der Waals surface area contributed by atoms with E-state index >= 15 is 0 Å². The van der Waals surface area contributed by atoms with Crippen LogP contribution in [-0.4, -0.2) is 43.2 Å². The van der Waals surface area contributed by atoms with Crippen LogP contribution >= 0.6 is 15.9 Å². The number of benzene rings is 1. The first-order valence-electron chi connectivity index (χ1n) is 7.40. The monoisotopic (exact) mass is 392 g/mol. The maximum atomic E-state index is 12.4. The highest BCUT2D eigenvalue weighted by molar-refractivity contribution is 9.10. The highest BCUT2D eigenvalue weighted by Gasteiger charge is 2.17. The highest BCUT2D eigenvalue weighted by Crippen LogP contribution is 2.35. The van der Waals surface area contributed by atoms with Gasteiger partial charge in [0.25, 0.3) is 0 Å². The molecule has 1 aliphatic rings. The van der Waals surface area contributed by atoms with Gasteiger partial charge in [0.1, 0.15) is 25.2 Å². The first-order valence-corrected chi connectivity index (χ1v) is 8.19. The molecule has 2 aromatic rings. The predicted octanol–water partition coefficient (Wildman–Crippen LogP) is 2.26. The molecule has 1 aromatic carbocycles. The molecule has 0 atom stereocenters. The molecule has 0 radical (unpaired) electrons. The average molecular weight is 393 g/mol. The SMILES string of the molecule is CN(C)c1ncncc1NC(=O)Cc1cc2c(cc1Br)OCCO2. The summed E-state index contributed by atoms with van der Waals surface area (Å²) >= 11 is 3.48. The summed E-state index contributed by atoms with van der Waals surface area (Å²) in [6, 6.07) is 3.65. The van der Waals surface area contributed by atoms with Crippen LogP contribution in [0.5, 0.6) is 11.5 Å². The molecule has 0 bridgehead atoms. The van der Waals surface area contributed by atoms with Gasteiger partial charge in [-0.1, -0.05) is 15.9 Å². The minimum Gasteiger partial charge on any atom is -0.486 e. The van der Waals surface area contributed by atoms with Crippen LogP contribution in [0.4, 0.5) is 11.5 Å². The Balaban J connectivity index is 1.76. The number of nitrogens with one attached hydrogen (secondary N) is 1. The zero-order valence-electron chi connectivity index (χ0n) is 13.4. The summed E-state index contributed by atoms with van der Waals surface area (Å²) in [6.07, 6.45) is 3.22. The molecule has 0 saturated carbocycles. The Morgan fingerprint density at radius 1 is 1.29 bits per heavy atom. The van der Waals surface area contributed by atoms with Crippen molar-refractivity contribution in [2.24, 2.45) is 0 Å². The lowest BCUT2D eigenvalue weighted by Crippen LogP contribution is -2.20. The topological polar surface area (TPSA) is 76.6 Å². The van der Waals surface area contributed by atoms with Crippen molar-refractivity contribution >= 4 is 33.3 Å². The highest BCUT2D eigenvalue weighted by atomic mass is 79.9. The summed E-state index contributed by atoms with van der Waals surface area (Å²) in [7, 11) is 3.71. The summed E-state index contributed by atoms with van der Waals surface area (Å²) in [5, 5.41) is 2.85. The largest absolute Gasteiger partial charge is 0.486 e. The van der Waals surface area contributed by atoms with Crippen molar-refractivity contribution in [3.8, 4) is 11.5 Å². The van der Waals surface area contributed by atoms with E-state index in [2.05, 4.69) is 31.2 Å². The van der Waals surface area contributed by atoms with E-state index in [0.717, 1.165) is 10.0 Å². The van der Waals surface area contributed by atoms with E-state index in [9.17, 15) is 4.79 Å². The van der Waals surface area contributed by atoms with Crippen molar-refractivity contribution in [2.75, 3.05) is 37.5 Å². The van der Waals surface area contributed by atoms with Gasteiger partial charge < -0.3 is 19.7 Å². The summed E-state index contributed by atoms with van der Waals surface area (Å²) < 4.78 is 11.9. The quantitative estimate of drug-likeness (QED) is 0.859. The van der Waals surface area contributed by atoms with Gasteiger partial charge in [0.05, 0.1) is 12.6 Å². The van der Waals surface area contributed by atoms with Crippen LogP contribution in [0, 0.1) is 0 Å². The van der Waals surface area contributed by atoms with Crippen LogP contribution in [0.1, 0.15) is 5.56 Å². The second-order valence-electron chi connectivity index (χ2n) is 5.47. The fourth-order valence-electron chi connectivity index (χ4n) is 2.38. The first-order chi connectivity index (χ1) is 11.5. The maximum absolute atomic E-state index is 12.4. The van der Waals surface area contributed by atoms with Crippen molar-refractivity contribution in [2.45, 2.75) is 6.42 Å². The Labute approximate surface area is 148 Å². The fraction of sp³-hybridized carbons (Fsp3) is 0.312. The van der Waals surface area contributed by atoms with Gasteiger partial charge in [-0.3, -0.25) is 4.79 Å². The normalized spacial score (nSPS) is 12.6. The summed E-state index contributed by atoms with van der Waals surface area (Å²) in [4.78, 5) is 22.3. The van der Waals surface area contributed by atoms with Gasteiger partial charge in [0, 0.05) is 18.6 Å². The molecule has 8 heteroatoms. The van der Waals surface area contributed by atoms with Crippen molar-refractivity contribution < 1.29 is 14.3 Å². The van der Waals surface area contributed by atoms with Crippen molar-refractivity contribution in [3.63, 3.8) is 0 Å². The third-order valence-corrected chi connectivity index (χ3v) is 4.19. The Bertz CT molecular complexity index is 767. The molecule has 1 N–H and O–H groups in total. The molecule has 2 heterocycles. The maximum Gasteiger partial charge on any atom is 0.228 e. The Morgan fingerprint density at radius 2 is 2.00 bits per heavy atom. The molecule has 7 nitrogen and oxygen atoms in total. The number of halogens is 1. The number of rotatable bonds is 4. The molecule has 3 rings (SSSR count). The zero-order chi connectivity index (χ0) is 17.1. The van der Waals surface area contributed by atoms with Crippen LogP contribution in [0.25, 0.3) is 0 Å². The van der Waals surface area contributed by atoms with E-state index in [1.54, 1.807) is 6.20 Å². The van der Waals surface area contributed by atoms with E-state index in [4.69, 9.17) is 9.47 Å². The minimum absolute atomic E-state index is 0.162. The minimum atomic E-state index is -0.162. The Kier molecular flexibility index (Phi) is 4.84. The third kappa shape index (κ3) is 3.59. The van der Waals surface area contributed by atoms with E-state index in [1.807, 2.05) is 31.1 Å². The van der Waals surface area contributed by atoms with Gasteiger partial charge >= 0.3 is 0 Å². The number of anilines is 2. The summed E-state index contributed by atoms with van der Waals surface area (Å²) in [5.74, 6) is 1.83. The molecular formula is C16H17BrN4O3. The number of ether oxygens (including phenoxy) is 2. The van der Waals surface area contributed by atoms with Crippen molar-refractivity contribution in [1.82, 2.24) is 9.97 Å². The van der Waals surface area contributed by atoms with Crippen LogP contribution in [0.2, 0.25) is 0 Å². The number of aromatic nitrogens is 2. The standard InChI is InChI=1S/C16H17BrN4O3/c1-21(2)16-12(8-18-9-19-16)20-15(22)6-10-5-13-14(7-11(10)17)24-4-3-23-13/h5,7-9H,3-4,6H2,1-2H3,(H,20,22). The van der Waals surface area contributed by atoms with Gasteiger partial charge in [-0.15, -0.1) is 0 Å². The lowest BCUT2D eigenvalue weighted by atomic mass is 10.1. The van der Waals surface area contributed by atoms with Gasteiger partial charge in [-0.2, -0.15) is 0 Å². The van der Waals surface area contributed by atoms with Crippen LogP contribution in [-0.2, 0) is 11.2 Å². The zero-order valence-corrected chi connectivity index (χ0v) is 15.0. The molecule has 0 fully saturated rings. The lowest BCUT2D eigenvalue weighted by molar-refractivity contribution is -0.115. The average Bonchev–Trinajstić information content (AvgIpc) is 2.55. The van der Waals surface area contributed by atoms with Gasteiger partial charge in [-0.05, 0) is 17.7 Å². The number of hydrogen-bond donors (Lipinski definition) is 1. The van der Waals surface area contributed by atoms with Crippen molar-refractivity contribution in [3.05, 3.63) is 34.7 Å². The van der Waals surface area contributed by atoms with Gasteiger partial charge in [0.2, 0.25) is 5.91 Å². The van der Waals surface area contributed by atoms with Gasteiger partial charge in [-0.25, -0.2) is 9.97 Å². The Morgan fingerprint density at radius 3 is 2.71 bits per heavy atom. The second kappa shape index (κ2) is 7.04. The number of carbonyl (C=O) groups is 1. The summed E-state index contributed by atoms with van der Waals surface area (Å²) in [5.41, 5.74) is 1.39. The first kappa shape index (κ1) is 16.5. The van der Waals surface area contributed by atoms with E-state index in [1.165, 1.54) is 6.33 Å². The predicted molar refractivity (Wildman–Crippen MR) is 93.8 cm³/mol. The molecule has 0 spiro atoms. The van der Waals surface area contributed by atoms with E-state index < -0.39 is 0 Å². The molecule has 0 aliphatic carbocycles. The van der Waals surface area contributed by atoms with Crippen LogP contribution in [0.3, 0.4) is 0 Å². The lowest BCUT2D eigenvalue weighted by Gasteiger charge is -2.20.